The van der Waals surface area contributed by atoms with Crippen molar-refractivity contribution in [2.45, 2.75) is 19.8 Å². The van der Waals surface area contributed by atoms with Crippen LogP contribution in [-0.2, 0) is 17.1 Å². The Morgan fingerprint density at radius 3 is 2.00 bits per heavy atom. The third kappa shape index (κ3) is 11.3. The molecule has 2 rings (SSSR count). The van der Waals surface area contributed by atoms with Crippen LogP contribution in [0.3, 0.4) is 0 Å². The molecule has 0 saturated heterocycles. The van der Waals surface area contributed by atoms with Gasteiger partial charge in [0.15, 0.2) is 0 Å². The van der Waals surface area contributed by atoms with Crippen LogP contribution in [-0.4, -0.2) is 0 Å². The van der Waals surface area contributed by atoms with E-state index >= 15 is 0 Å². The Balaban J connectivity index is 0. The minimum absolute atomic E-state index is 0. The molecule has 1 radical (unpaired) electrons. The van der Waals surface area contributed by atoms with Crippen LogP contribution in [0.25, 0.3) is 0 Å². The van der Waals surface area contributed by atoms with Crippen molar-refractivity contribution in [3.63, 3.8) is 0 Å². The van der Waals surface area contributed by atoms with Gasteiger partial charge in [0.1, 0.15) is 0 Å². The van der Waals surface area contributed by atoms with Gasteiger partial charge in [0, 0.05) is 0 Å². The molecular formula is C13H17Fe. The predicted molar refractivity (Wildman–Crippen MR) is 59.3 cm³/mol. The van der Waals surface area contributed by atoms with Crippen molar-refractivity contribution in [2.75, 3.05) is 0 Å². The fraction of sp³-hybridized carbons (Fsp3) is 0.231. The molecule has 1 aliphatic rings. The summed E-state index contributed by atoms with van der Waals surface area (Å²) >= 11 is 0. The maximum atomic E-state index is 3.25. The Bertz CT molecular complexity index is 178. The molecule has 1 aromatic carbocycles. The zero-order valence-corrected chi connectivity index (χ0v) is 9.70. The summed E-state index contributed by atoms with van der Waals surface area (Å²) in [7, 11) is 0. The SMILES string of the molecule is [C-]1=CC=CCC1.[CH2-]C.[Fe+3].c1cc[cH-]c1. The number of rotatable bonds is 0. The van der Waals surface area contributed by atoms with Crippen molar-refractivity contribution in [2.24, 2.45) is 0 Å². The molecule has 0 aromatic heterocycles. The van der Waals surface area contributed by atoms with Crippen LogP contribution >= 0.6 is 0 Å². The first-order chi connectivity index (χ1) is 6.50. The van der Waals surface area contributed by atoms with Crippen LogP contribution in [0.2, 0.25) is 0 Å². The molecule has 0 fully saturated rings. The maximum Gasteiger partial charge on any atom is 3.00 e. The van der Waals surface area contributed by atoms with Gasteiger partial charge in [0.2, 0.25) is 0 Å². The van der Waals surface area contributed by atoms with E-state index in [0.717, 1.165) is 6.42 Å². The molecule has 0 saturated carbocycles. The van der Waals surface area contributed by atoms with Crippen LogP contribution < -0.4 is 0 Å². The molecule has 1 aromatic rings. The Labute approximate surface area is 98.6 Å². The Morgan fingerprint density at radius 1 is 1.21 bits per heavy atom. The van der Waals surface area contributed by atoms with E-state index in [1.807, 2.05) is 42.5 Å². The summed E-state index contributed by atoms with van der Waals surface area (Å²) in [4.78, 5) is 0. The summed E-state index contributed by atoms with van der Waals surface area (Å²) in [6, 6.07) is 10.0. The zero-order chi connectivity index (χ0) is 9.78. The van der Waals surface area contributed by atoms with Gasteiger partial charge >= 0.3 is 17.1 Å². The van der Waals surface area contributed by atoms with Crippen molar-refractivity contribution in [1.82, 2.24) is 0 Å². The Hall–Kier alpha value is -0.651. The van der Waals surface area contributed by atoms with Crippen LogP contribution in [0.5, 0.6) is 0 Å². The molecule has 1 aliphatic carbocycles. The van der Waals surface area contributed by atoms with Gasteiger partial charge in [-0.2, -0.15) is 31.2 Å². The average Bonchev–Trinajstić information content (AvgIpc) is 2.82. The normalized spacial score (nSPS) is 11.3. The van der Waals surface area contributed by atoms with Crippen molar-refractivity contribution >= 4 is 0 Å². The smallest absolute Gasteiger partial charge is 0.346 e. The van der Waals surface area contributed by atoms with Crippen LogP contribution in [0.1, 0.15) is 19.8 Å². The topological polar surface area (TPSA) is 0 Å². The second kappa shape index (κ2) is 14.9. The van der Waals surface area contributed by atoms with Gasteiger partial charge in [-0.3, -0.25) is 6.08 Å². The molecule has 0 N–H and O–H groups in total. The molecule has 0 atom stereocenters. The molecule has 0 heterocycles. The summed E-state index contributed by atoms with van der Waals surface area (Å²) < 4.78 is 0. The van der Waals surface area contributed by atoms with Gasteiger partial charge in [0.05, 0.1) is 0 Å². The molecule has 0 unspecified atom stereocenters. The van der Waals surface area contributed by atoms with E-state index in [2.05, 4.69) is 19.1 Å². The third-order valence-corrected chi connectivity index (χ3v) is 1.36. The first-order valence-corrected chi connectivity index (χ1v) is 4.59. The summed E-state index contributed by atoms with van der Waals surface area (Å²) in [5, 5.41) is 0. The largest absolute Gasteiger partial charge is 3.00 e. The molecule has 0 amide bonds. The molecule has 0 spiro atoms. The average molecular weight is 229 g/mol. The molecule has 0 aliphatic heterocycles. The van der Waals surface area contributed by atoms with Crippen LogP contribution in [0.15, 0.2) is 48.6 Å². The van der Waals surface area contributed by atoms with E-state index in [1.54, 1.807) is 6.92 Å². The first-order valence-electron chi connectivity index (χ1n) is 4.59. The van der Waals surface area contributed by atoms with Gasteiger partial charge in [-0.05, 0) is 0 Å². The monoisotopic (exact) mass is 229 g/mol. The van der Waals surface area contributed by atoms with Crippen molar-refractivity contribution < 1.29 is 17.1 Å². The van der Waals surface area contributed by atoms with E-state index in [4.69, 9.17) is 0 Å². The quantitative estimate of drug-likeness (QED) is 0.467. The van der Waals surface area contributed by atoms with Gasteiger partial charge in [-0.25, -0.2) is 24.3 Å². The fourth-order valence-electron chi connectivity index (χ4n) is 0.803. The summed E-state index contributed by atoms with van der Waals surface area (Å²) in [5.74, 6) is 0. The van der Waals surface area contributed by atoms with E-state index in [1.165, 1.54) is 6.42 Å². The molecule has 0 bridgehead atoms. The van der Waals surface area contributed by atoms with Crippen molar-refractivity contribution in [3.05, 3.63) is 61.6 Å². The van der Waals surface area contributed by atoms with E-state index in [0.29, 0.717) is 0 Å². The van der Waals surface area contributed by atoms with E-state index in [-0.39, 0.29) is 17.1 Å². The van der Waals surface area contributed by atoms with Gasteiger partial charge in [-0.15, -0.1) is 6.42 Å². The predicted octanol–water partition coefficient (Wildman–Crippen LogP) is 3.94. The van der Waals surface area contributed by atoms with E-state index < -0.39 is 0 Å². The zero-order valence-electron chi connectivity index (χ0n) is 8.59. The molecule has 1 heteroatoms. The summed E-state index contributed by atoms with van der Waals surface area (Å²) in [6.45, 7) is 5.00. The van der Waals surface area contributed by atoms with E-state index in [9.17, 15) is 0 Å². The number of hydrogen-bond donors (Lipinski definition) is 0. The van der Waals surface area contributed by atoms with Crippen LogP contribution in [0, 0.1) is 13.0 Å². The van der Waals surface area contributed by atoms with Crippen molar-refractivity contribution in [3.8, 4) is 0 Å². The maximum absolute atomic E-state index is 3.25. The van der Waals surface area contributed by atoms with Gasteiger partial charge in [0.25, 0.3) is 0 Å². The number of allylic oxidation sites excluding steroid dienone is 4. The minimum Gasteiger partial charge on any atom is -0.346 e. The summed E-state index contributed by atoms with van der Waals surface area (Å²) in [6.07, 6.45) is 11.5. The second-order valence-corrected chi connectivity index (χ2v) is 2.30. The Morgan fingerprint density at radius 2 is 1.86 bits per heavy atom. The standard InChI is InChI=1S/C6H7.C5H5.C2H5.Fe/c1-2-4-6-5-3-1;1-2-4-5-3-1;1-2;/h1-3H,4,6H2;1-5H;1H2,2H3;/q3*-1;+3. The van der Waals surface area contributed by atoms with Gasteiger partial charge in [-0.1, -0.05) is 6.42 Å². The molecule has 77 valence electrons. The minimum atomic E-state index is 0. The molecule has 14 heavy (non-hydrogen) atoms. The second-order valence-electron chi connectivity index (χ2n) is 2.30. The van der Waals surface area contributed by atoms with Crippen LogP contribution in [0.4, 0.5) is 0 Å². The molecular weight excluding hydrogens is 212 g/mol. The number of hydrogen-bond acceptors (Lipinski definition) is 0. The first kappa shape index (κ1) is 15.8. The van der Waals surface area contributed by atoms with Gasteiger partial charge < -0.3 is 6.92 Å². The Kier molecular flexibility index (Phi) is 16.8. The van der Waals surface area contributed by atoms with Crippen molar-refractivity contribution in [1.29, 1.82) is 0 Å². The third-order valence-electron chi connectivity index (χ3n) is 1.36. The fourth-order valence-corrected chi connectivity index (χ4v) is 0.803. The molecule has 0 nitrogen and oxygen atoms in total. The summed E-state index contributed by atoms with van der Waals surface area (Å²) in [5.41, 5.74) is 0.